The summed E-state index contributed by atoms with van der Waals surface area (Å²) in [7, 11) is 1.52. The van der Waals surface area contributed by atoms with Crippen LogP contribution in [-0.2, 0) is 7.05 Å². The Labute approximate surface area is 122 Å². The van der Waals surface area contributed by atoms with Gasteiger partial charge in [0.2, 0.25) is 0 Å². The molecule has 2 aromatic heterocycles. The molecule has 3 aromatic rings. The minimum absolute atomic E-state index is 0.0697. The Morgan fingerprint density at radius 2 is 2.05 bits per heavy atom. The van der Waals surface area contributed by atoms with Crippen LogP contribution in [0.25, 0.3) is 22.2 Å². The molecule has 0 amide bonds. The number of hydrogen-bond donors (Lipinski definition) is 1. The molecule has 0 saturated heterocycles. The van der Waals surface area contributed by atoms with Crippen LogP contribution in [0.4, 0.5) is 5.69 Å². The summed E-state index contributed by atoms with van der Waals surface area (Å²) >= 11 is 0. The summed E-state index contributed by atoms with van der Waals surface area (Å²) in [6, 6.07) is 7.62. The lowest BCUT2D eigenvalue weighted by molar-refractivity contribution is -0.384. The van der Waals surface area contributed by atoms with Crippen LogP contribution in [0.1, 0.15) is 0 Å². The second-order valence-corrected chi connectivity index (χ2v) is 4.74. The number of H-pyrrole nitrogens is 2. The monoisotopic (exact) mass is 299 g/mol. The normalized spacial score (nSPS) is 10.8. The standard InChI is InChI=1S/C14H10N4O4/c1-17-12-11(13(19)16-14(17)20)10(5-6-15-12)8-3-2-4-9(7-8)18(21)22/h2-7H,1H3,(H,16,19,20)/p+1. The van der Waals surface area contributed by atoms with Gasteiger partial charge in [0.25, 0.3) is 16.9 Å². The molecule has 3 rings (SSSR count). The van der Waals surface area contributed by atoms with E-state index >= 15 is 0 Å². The Kier molecular flexibility index (Phi) is 3.06. The molecule has 8 heteroatoms. The first-order valence-electron chi connectivity index (χ1n) is 6.37. The molecule has 8 nitrogen and oxygen atoms in total. The van der Waals surface area contributed by atoms with E-state index in [4.69, 9.17) is 0 Å². The Balaban J connectivity index is 2.40. The molecule has 0 spiro atoms. The highest BCUT2D eigenvalue weighted by Crippen LogP contribution is 2.26. The molecule has 0 aliphatic rings. The number of nitro benzene ring substituents is 1. The number of fused-ring (bicyclic) bond motifs is 1. The van der Waals surface area contributed by atoms with Crippen molar-refractivity contribution in [3.63, 3.8) is 0 Å². The van der Waals surface area contributed by atoms with Crippen LogP contribution < -0.4 is 16.2 Å². The highest BCUT2D eigenvalue weighted by molar-refractivity contribution is 5.90. The third-order valence-electron chi connectivity index (χ3n) is 3.43. The summed E-state index contributed by atoms with van der Waals surface area (Å²) in [6.07, 6.45) is 1.58. The minimum Gasteiger partial charge on any atom is -0.268 e. The maximum atomic E-state index is 12.1. The Bertz CT molecular complexity index is 1020. The molecule has 110 valence electrons. The number of nitro groups is 1. The molecule has 0 fully saturated rings. The predicted molar refractivity (Wildman–Crippen MR) is 78.5 cm³/mol. The van der Waals surface area contributed by atoms with Crippen LogP contribution in [0.15, 0.2) is 46.1 Å². The van der Waals surface area contributed by atoms with Gasteiger partial charge in [-0.15, -0.1) is 0 Å². The smallest absolute Gasteiger partial charge is 0.268 e. The number of nitrogens with one attached hydrogen (secondary N) is 2. The summed E-state index contributed by atoms with van der Waals surface area (Å²) in [5, 5.41) is 11.2. The summed E-state index contributed by atoms with van der Waals surface area (Å²) in [5.74, 6) is 0. The van der Waals surface area contributed by atoms with Crippen LogP contribution in [0.3, 0.4) is 0 Å². The molecule has 0 aliphatic heterocycles. The van der Waals surface area contributed by atoms with Crippen LogP contribution in [0.2, 0.25) is 0 Å². The molecule has 1 aromatic carbocycles. The fraction of sp³-hybridized carbons (Fsp3) is 0.0714. The number of benzene rings is 1. The predicted octanol–water partition coefficient (Wildman–Crippen LogP) is 0.616. The molecule has 0 bridgehead atoms. The second-order valence-electron chi connectivity index (χ2n) is 4.74. The van der Waals surface area contributed by atoms with E-state index in [0.717, 1.165) is 0 Å². The fourth-order valence-corrected chi connectivity index (χ4v) is 2.35. The number of nitrogens with zero attached hydrogens (tertiary/aromatic N) is 2. The third kappa shape index (κ3) is 2.06. The average molecular weight is 299 g/mol. The van der Waals surface area contributed by atoms with Gasteiger partial charge >= 0.3 is 5.69 Å². The molecule has 0 aliphatic carbocycles. The van der Waals surface area contributed by atoms with Crippen molar-refractivity contribution in [3.05, 3.63) is 67.5 Å². The maximum absolute atomic E-state index is 12.1. The van der Waals surface area contributed by atoms with Crippen molar-refractivity contribution in [1.29, 1.82) is 0 Å². The first kappa shape index (κ1) is 13.7. The fourth-order valence-electron chi connectivity index (χ4n) is 2.35. The highest BCUT2D eigenvalue weighted by atomic mass is 16.6. The molecule has 22 heavy (non-hydrogen) atoms. The lowest BCUT2D eigenvalue weighted by Gasteiger charge is -2.04. The molecule has 0 atom stereocenters. The van der Waals surface area contributed by atoms with E-state index < -0.39 is 16.2 Å². The van der Waals surface area contributed by atoms with E-state index in [-0.39, 0.29) is 11.1 Å². The number of aromatic amines is 2. The number of hydrogen-bond acceptors (Lipinski definition) is 4. The van der Waals surface area contributed by atoms with Gasteiger partial charge in [-0.3, -0.25) is 19.9 Å². The number of aromatic nitrogens is 3. The minimum atomic E-state index is -0.545. The first-order valence-corrected chi connectivity index (χ1v) is 6.37. The molecule has 2 N–H and O–H groups in total. The molecule has 0 radical (unpaired) electrons. The SMILES string of the molecule is Cn1c(=O)[nH]c(=O)c2c(-c3cccc([N+](=O)[O-])c3)cc[nH+]c21. The van der Waals surface area contributed by atoms with E-state index in [1.54, 1.807) is 24.4 Å². The zero-order chi connectivity index (χ0) is 15.9. The average Bonchev–Trinajstić information content (AvgIpc) is 2.52. The highest BCUT2D eigenvalue weighted by Gasteiger charge is 2.18. The first-order chi connectivity index (χ1) is 10.5. The van der Waals surface area contributed by atoms with E-state index in [1.165, 1.54) is 23.7 Å². The van der Waals surface area contributed by atoms with Crippen molar-refractivity contribution < 1.29 is 9.91 Å². The zero-order valence-corrected chi connectivity index (χ0v) is 11.5. The number of rotatable bonds is 2. The van der Waals surface area contributed by atoms with Gasteiger partial charge in [0.1, 0.15) is 5.39 Å². The van der Waals surface area contributed by atoms with Gasteiger partial charge in [0.15, 0.2) is 0 Å². The number of non-ortho nitro benzene ring substituents is 1. The second kappa shape index (κ2) is 4.92. The lowest BCUT2D eigenvalue weighted by atomic mass is 10.0. The summed E-state index contributed by atoms with van der Waals surface area (Å²) in [6.45, 7) is 0. The van der Waals surface area contributed by atoms with Gasteiger partial charge in [-0.1, -0.05) is 12.1 Å². The van der Waals surface area contributed by atoms with E-state index in [2.05, 4.69) is 9.97 Å². The molecule has 0 saturated carbocycles. The Morgan fingerprint density at radius 1 is 1.27 bits per heavy atom. The van der Waals surface area contributed by atoms with Crippen molar-refractivity contribution in [2.24, 2.45) is 7.05 Å². The zero-order valence-electron chi connectivity index (χ0n) is 11.5. The number of aryl methyl sites for hydroxylation is 1. The third-order valence-corrected chi connectivity index (χ3v) is 3.43. The molecular weight excluding hydrogens is 288 g/mol. The van der Waals surface area contributed by atoms with Crippen molar-refractivity contribution in [3.8, 4) is 11.1 Å². The van der Waals surface area contributed by atoms with Crippen LogP contribution in [0, 0.1) is 10.1 Å². The van der Waals surface area contributed by atoms with E-state index in [9.17, 15) is 19.7 Å². The van der Waals surface area contributed by atoms with Gasteiger partial charge in [-0.25, -0.2) is 9.78 Å². The molecule has 0 unspecified atom stereocenters. The van der Waals surface area contributed by atoms with Crippen molar-refractivity contribution >= 4 is 16.7 Å². The number of pyridine rings is 1. The lowest BCUT2D eigenvalue weighted by Crippen LogP contribution is -2.32. The van der Waals surface area contributed by atoms with Gasteiger partial charge < -0.3 is 0 Å². The van der Waals surface area contributed by atoms with Gasteiger partial charge in [0.05, 0.1) is 18.2 Å². The van der Waals surface area contributed by atoms with E-state index in [1.807, 2.05) is 0 Å². The topological polar surface area (TPSA) is 112 Å². The summed E-state index contributed by atoms with van der Waals surface area (Å²) in [5.41, 5.74) is 0.227. The maximum Gasteiger partial charge on any atom is 0.415 e. The largest absolute Gasteiger partial charge is 0.415 e. The van der Waals surface area contributed by atoms with E-state index in [0.29, 0.717) is 16.8 Å². The Hall–Kier alpha value is -3.29. The van der Waals surface area contributed by atoms with Crippen LogP contribution >= 0.6 is 0 Å². The van der Waals surface area contributed by atoms with Gasteiger partial charge in [0, 0.05) is 17.7 Å². The Morgan fingerprint density at radius 3 is 2.77 bits per heavy atom. The summed E-state index contributed by atoms with van der Waals surface area (Å²) < 4.78 is 1.28. The van der Waals surface area contributed by atoms with Crippen molar-refractivity contribution in [2.75, 3.05) is 0 Å². The van der Waals surface area contributed by atoms with Crippen LogP contribution in [-0.4, -0.2) is 14.5 Å². The summed E-state index contributed by atoms with van der Waals surface area (Å²) in [4.78, 5) is 39.3. The van der Waals surface area contributed by atoms with Gasteiger partial charge in [-0.2, -0.15) is 4.57 Å². The quantitative estimate of drug-likeness (QED) is 0.552. The van der Waals surface area contributed by atoms with Crippen LogP contribution in [0.5, 0.6) is 0 Å². The van der Waals surface area contributed by atoms with Gasteiger partial charge in [-0.05, 0) is 11.6 Å². The molecular formula is C14H11N4O4+. The van der Waals surface area contributed by atoms with Crippen molar-refractivity contribution in [1.82, 2.24) is 9.55 Å². The van der Waals surface area contributed by atoms with Crippen molar-refractivity contribution in [2.45, 2.75) is 0 Å². The molecule has 2 heterocycles.